The van der Waals surface area contributed by atoms with Crippen molar-refractivity contribution in [1.82, 2.24) is 0 Å². The molecule has 0 fully saturated rings. The van der Waals surface area contributed by atoms with Gasteiger partial charge in [0.2, 0.25) is 0 Å². The molecule has 0 aliphatic rings. The van der Waals surface area contributed by atoms with E-state index in [0.717, 1.165) is 5.56 Å². The monoisotopic (exact) mass is 209 g/mol. The van der Waals surface area contributed by atoms with Gasteiger partial charge in [0.05, 0.1) is 6.42 Å². The molecule has 1 rings (SSSR count). The summed E-state index contributed by atoms with van der Waals surface area (Å²) in [5.41, 5.74) is 6.20. The summed E-state index contributed by atoms with van der Waals surface area (Å²) in [5, 5.41) is 8.55. The highest BCUT2D eigenvalue weighted by Crippen LogP contribution is 2.12. The first-order chi connectivity index (χ1) is 7.13. The van der Waals surface area contributed by atoms with Crippen LogP contribution < -0.4 is 5.73 Å². The Labute approximate surface area is 87.0 Å². The summed E-state index contributed by atoms with van der Waals surface area (Å²) in [7, 11) is 0. The topological polar surface area (TPSA) is 63.3 Å². The predicted octanol–water partition coefficient (Wildman–Crippen LogP) is 1.42. The van der Waals surface area contributed by atoms with Gasteiger partial charge in [-0.25, -0.2) is 4.39 Å². The van der Waals surface area contributed by atoms with Crippen LogP contribution in [0.4, 0.5) is 4.39 Å². The van der Waals surface area contributed by atoms with Gasteiger partial charge in [-0.2, -0.15) is 0 Å². The van der Waals surface area contributed by atoms with Gasteiger partial charge >= 0.3 is 5.97 Å². The summed E-state index contributed by atoms with van der Waals surface area (Å²) in [6.45, 7) is 0.394. The molecule has 0 unspecified atom stereocenters. The maximum atomic E-state index is 13.1. The zero-order valence-corrected chi connectivity index (χ0v) is 8.11. The third kappa shape index (κ3) is 3.52. The van der Waals surface area contributed by atoms with E-state index in [4.69, 9.17) is 10.8 Å². The summed E-state index contributed by atoms with van der Waals surface area (Å²) < 4.78 is 13.1. The molecule has 0 radical (unpaired) electrons. The molecule has 0 bridgehead atoms. The summed E-state index contributed by atoms with van der Waals surface area (Å²) in [6.07, 6.45) is 3.14. The number of hydrogen-bond acceptors (Lipinski definition) is 2. The van der Waals surface area contributed by atoms with Crippen molar-refractivity contribution in [2.24, 2.45) is 5.73 Å². The molecule has 0 spiro atoms. The lowest BCUT2D eigenvalue weighted by atomic mass is 10.1. The minimum absolute atomic E-state index is 0.182. The van der Waals surface area contributed by atoms with Crippen LogP contribution in [0.1, 0.15) is 11.1 Å². The molecule has 1 aromatic carbocycles. The maximum Gasteiger partial charge on any atom is 0.307 e. The highest BCUT2D eigenvalue weighted by molar-refractivity contribution is 5.70. The van der Waals surface area contributed by atoms with Gasteiger partial charge in [-0.1, -0.05) is 18.2 Å². The van der Waals surface area contributed by atoms with Gasteiger partial charge in [-0.15, -0.1) is 0 Å². The Bertz CT molecular complexity index is 388. The lowest BCUT2D eigenvalue weighted by molar-refractivity contribution is -0.136. The van der Waals surface area contributed by atoms with E-state index in [9.17, 15) is 9.18 Å². The molecule has 0 saturated heterocycles. The second kappa shape index (κ2) is 5.26. The number of benzene rings is 1. The molecule has 1 aromatic rings. The van der Waals surface area contributed by atoms with E-state index in [1.807, 2.05) is 0 Å². The molecule has 3 nitrogen and oxygen atoms in total. The van der Waals surface area contributed by atoms with Crippen molar-refractivity contribution >= 4 is 12.0 Å². The van der Waals surface area contributed by atoms with Gasteiger partial charge in [0.1, 0.15) is 5.82 Å². The molecular weight excluding hydrogens is 197 g/mol. The van der Waals surface area contributed by atoms with Crippen LogP contribution in [0, 0.1) is 5.82 Å². The smallest absolute Gasteiger partial charge is 0.307 e. The molecule has 4 heteroatoms. The summed E-state index contributed by atoms with van der Waals surface area (Å²) in [6, 6.07) is 4.34. The fraction of sp³-hybridized carbons (Fsp3) is 0.182. The van der Waals surface area contributed by atoms with Gasteiger partial charge in [0.15, 0.2) is 0 Å². The molecule has 3 N–H and O–H groups in total. The van der Waals surface area contributed by atoms with Gasteiger partial charge in [0.25, 0.3) is 0 Å². The highest BCUT2D eigenvalue weighted by Gasteiger charge is 2.06. The Morgan fingerprint density at radius 2 is 2.27 bits per heavy atom. The van der Waals surface area contributed by atoms with E-state index in [-0.39, 0.29) is 12.0 Å². The Balaban J connectivity index is 2.94. The molecule has 0 amide bonds. The van der Waals surface area contributed by atoms with Gasteiger partial charge in [-0.05, 0) is 23.3 Å². The predicted molar refractivity (Wildman–Crippen MR) is 55.8 cm³/mol. The summed E-state index contributed by atoms with van der Waals surface area (Å²) in [5.74, 6) is -1.55. The summed E-state index contributed by atoms with van der Waals surface area (Å²) in [4.78, 5) is 10.4. The van der Waals surface area contributed by atoms with Crippen LogP contribution in [0.25, 0.3) is 6.08 Å². The van der Waals surface area contributed by atoms with Crippen LogP contribution in [-0.4, -0.2) is 17.6 Å². The molecule has 0 aliphatic heterocycles. The zero-order valence-electron chi connectivity index (χ0n) is 8.11. The lowest BCUT2D eigenvalue weighted by Crippen LogP contribution is -2.02. The van der Waals surface area contributed by atoms with Crippen LogP contribution in [0.15, 0.2) is 24.3 Å². The third-order valence-electron chi connectivity index (χ3n) is 1.86. The standard InChI is InChI=1S/C11H12FNO2/c12-10-4-3-8(2-1-5-13)6-9(10)7-11(14)15/h1-4,6H,5,7,13H2,(H,14,15). The van der Waals surface area contributed by atoms with E-state index >= 15 is 0 Å². The molecule has 80 valence electrons. The van der Waals surface area contributed by atoms with E-state index < -0.39 is 11.8 Å². The quantitative estimate of drug-likeness (QED) is 0.788. The molecular formula is C11H12FNO2. The van der Waals surface area contributed by atoms with Crippen LogP contribution in [-0.2, 0) is 11.2 Å². The van der Waals surface area contributed by atoms with Crippen molar-refractivity contribution in [1.29, 1.82) is 0 Å². The minimum Gasteiger partial charge on any atom is -0.481 e. The molecule has 0 saturated carbocycles. The van der Waals surface area contributed by atoms with Crippen molar-refractivity contribution in [3.05, 3.63) is 41.2 Å². The number of aliphatic carboxylic acids is 1. The van der Waals surface area contributed by atoms with Crippen LogP contribution in [0.5, 0.6) is 0 Å². The number of nitrogens with two attached hydrogens (primary N) is 1. The van der Waals surface area contributed by atoms with Crippen molar-refractivity contribution in [3.8, 4) is 0 Å². The fourth-order valence-electron chi connectivity index (χ4n) is 1.20. The van der Waals surface area contributed by atoms with Crippen molar-refractivity contribution in [3.63, 3.8) is 0 Å². The van der Waals surface area contributed by atoms with Gasteiger partial charge in [-0.3, -0.25) is 4.79 Å². The van der Waals surface area contributed by atoms with Gasteiger partial charge < -0.3 is 10.8 Å². The number of carboxylic acid groups (broad SMARTS) is 1. The maximum absolute atomic E-state index is 13.1. The SMILES string of the molecule is NCC=Cc1ccc(F)c(CC(=O)O)c1. The normalized spacial score (nSPS) is 10.8. The van der Waals surface area contributed by atoms with Crippen LogP contribution in [0.3, 0.4) is 0 Å². The van der Waals surface area contributed by atoms with E-state index in [1.165, 1.54) is 12.1 Å². The first-order valence-electron chi connectivity index (χ1n) is 4.50. The number of halogens is 1. The van der Waals surface area contributed by atoms with E-state index in [1.54, 1.807) is 18.2 Å². The number of carbonyl (C=O) groups is 1. The Kier molecular flexibility index (Phi) is 4.00. The first kappa shape index (κ1) is 11.4. The van der Waals surface area contributed by atoms with Crippen molar-refractivity contribution in [2.75, 3.05) is 6.54 Å². The van der Waals surface area contributed by atoms with Crippen LogP contribution in [0.2, 0.25) is 0 Å². The zero-order chi connectivity index (χ0) is 11.3. The number of rotatable bonds is 4. The van der Waals surface area contributed by atoms with Crippen LogP contribution >= 0.6 is 0 Å². The second-order valence-electron chi connectivity index (χ2n) is 3.06. The van der Waals surface area contributed by atoms with Crippen molar-refractivity contribution in [2.45, 2.75) is 6.42 Å². The fourth-order valence-corrected chi connectivity index (χ4v) is 1.20. The average Bonchev–Trinajstić information content (AvgIpc) is 2.18. The van der Waals surface area contributed by atoms with Crippen molar-refractivity contribution < 1.29 is 14.3 Å². The Morgan fingerprint density at radius 3 is 2.87 bits per heavy atom. The number of hydrogen-bond donors (Lipinski definition) is 2. The Morgan fingerprint density at radius 1 is 1.53 bits per heavy atom. The Hall–Kier alpha value is -1.68. The lowest BCUT2D eigenvalue weighted by Gasteiger charge is -2.01. The average molecular weight is 209 g/mol. The van der Waals surface area contributed by atoms with E-state index in [2.05, 4.69) is 0 Å². The summed E-state index contributed by atoms with van der Waals surface area (Å²) >= 11 is 0. The van der Waals surface area contributed by atoms with E-state index in [0.29, 0.717) is 6.54 Å². The molecule has 0 heterocycles. The second-order valence-corrected chi connectivity index (χ2v) is 3.06. The highest BCUT2D eigenvalue weighted by atomic mass is 19.1. The first-order valence-corrected chi connectivity index (χ1v) is 4.50. The molecule has 15 heavy (non-hydrogen) atoms. The number of carboxylic acids is 1. The van der Waals surface area contributed by atoms with Gasteiger partial charge in [0, 0.05) is 6.54 Å². The molecule has 0 aliphatic carbocycles. The molecule has 0 atom stereocenters. The third-order valence-corrected chi connectivity index (χ3v) is 1.86. The molecule has 0 aromatic heterocycles. The largest absolute Gasteiger partial charge is 0.481 e. The minimum atomic E-state index is -1.05.